The van der Waals surface area contributed by atoms with Gasteiger partial charge in [0.2, 0.25) is 10.0 Å². The summed E-state index contributed by atoms with van der Waals surface area (Å²) in [6.45, 7) is 1.90. The number of methoxy groups -OCH3 is 1. The van der Waals surface area contributed by atoms with Gasteiger partial charge in [-0.05, 0) is 43.3 Å². The van der Waals surface area contributed by atoms with Gasteiger partial charge in [-0.3, -0.25) is 4.79 Å². The van der Waals surface area contributed by atoms with Crippen molar-refractivity contribution >= 4 is 33.2 Å². The van der Waals surface area contributed by atoms with Crippen molar-refractivity contribution in [2.75, 3.05) is 19.0 Å². The quantitative estimate of drug-likeness (QED) is 0.748. The van der Waals surface area contributed by atoms with Crippen molar-refractivity contribution in [3.8, 4) is 0 Å². The molecule has 0 bridgehead atoms. The highest BCUT2D eigenvalue weighted by molar-refractivity contribution is 7.89. The van der Waals surface area contributed by atoms with Crippen LogP contribution in [0, 0.1) is 5.82 Å². The summed E-state index contributed by atoms with van der Waals surface area (Å²) in [5.74, 6) is -1.33. The summed E-state index contributed by atoms with van der Waals surface area (Å²) in [4.78, 5) is 12.2. The predicted molar refractivity (Wildman–Crippen MR) is 97.5 cm³/mol. The molecule has 2 rings (SSSR count). The maximum absolute atomic E-state index is 13.8. The van der Waals surface area contributed by atoms with Crippen molar-refractivity contribution in [1.82, 2.24) is 4.72 Å². The summed E-state index contributed by atoms with van der Waals surface area (Å²) in [7, 11) is -2.26. The Balaban J connectivity index is 2.13. The van der Waals surface area contributed by atoms with E-state index < -0.39 is 27.8 Å². The second kappa shape index (κ2) is 8.59. The highest BCUT2D eigenvalue weighted by atomic mass is 35.5. The van der Waals surface area contributed by atoms with Crippen LogP contribution in [0.1, 0.15) is 17.3 Å². The van der Waals surface area contributed by atoms with Gasteiger partial charge >= 0.3 is 0 Å². The monoisotopic (exact) mass is 400 g/mol. The van der Waals surface area contributed by atoms with Gasteiger partial charge in [-0.15, -0.1) is 0 Å². The molecule has 9 heteroatoms. The lowest BCUT2D eigenvalue weighted by atomic mass is 10.2. The third-order valence-corrected chi connectivity index (χ3v) is 5.30. The summed E-state index contributed by atoms with van der Waals surface area (Å²) in [6, 6.07) is 9.11. The molecule has 0 aliphatic heterocycles. The van der Waals surface area contributed by atoms with E-state index in [9.17, 15) is 17.6 Å². The highest BCUT2D eigenvalue weighted by Gasteiger charge is 2.18. The summed E-state index contributed by atoms with van der Waals surface area (Å²) in [5, 5.41) is 2.28. The molecule has 26 heavy (non-hydrogen) atoms. The van der Waals surface area contributed by atoms with Crippen LogP contribution >= 0.6 is 11.6 Å². The zero-order valence-electron chi connectivity index (χ0n) is 14.1. The number of carbonyl (C=O) groups is 1. The van der Waals surface area contributed by atoms with Crippen LogP contribution in [-0.4, -0.2) is 34.1 Å². The lowest BCUT2D eigenvalue weighted by molar-refractivity contribution is 0.102. The molecular weight excluding hydrogens is 383 g/mol. The summed E-state index contributed by atoms with van der Waals surface area (Å²) in [5.41, 5.74) is 0.113. The molecule has 140 valence electrons. The Morgan fingerprint density at radius 3 is 2.50 bits per heavy atom. The number of sulfonamides is 1. The molecule has 0 aliphatic rings. The minimum Gasteiger partial charge on any atom is -0.383 e. The Morgan fingerprint density at radius 2 is 1.88 bits per heavy atom. The molecule has 0 saturated carbocycles. The fourth-order valence-electron chi connectivity index (χ4n) is 2.20. The number of hydrogen-bond acceptors (Lipinski definition) is 4. The maximum atomic E-state index is 13.8. The highest BCUT2D eigenvalue weighted by Crippen LogP contribution is 2.22. The smallest absolute Gasteiger partial charge is 0.255 e. The zero-order valence-corrected chi connectivity index (χ0v) is 15.7. The lowest BCUT2D eigenvalue weighted by Crippen LogP contribution is -2.35. The fourth-order valence-corrected chi connectivity index (χ4v) is 3.60. The van der Waals surface area contributed by atoms with E-state index in [-0.39, 0.29) is 27.8 Å². The van der Waals surface area contributed by atoms with E-state index in [1.807, 2.05) is 0 Å². The predicted octanol–water partition coefficient (Wildman–Crippen LogP) is 3.04. The third kappa shape index (κ3) is 5.01. The van der Waals surface area contributed by atoms with E-state index in [2.05, 4.69) is 10.0 Å². The van der Waals surface area contributed by atoms with Gasteiger partial charge in [-0.2, -0.15) is 0 Å². The number of amides is 1. The topological polar surface area (TPSA) is 84.5 Å². The molecule has 0 unspecified atom stereocenters. The van der Waals surface area contributed by atoms with Crippen molar-refractivity contribution in [1.29, 1.82) is 0 Å². The molecule has 0 radical (unpaired) electrons. The van der Waals surface area contributed by atoms with E-state index >= 15 is 0 Å². The molecule has 0 spiro atoms. The number of halogens is 2. The Labute approximate surface area is 156 Å². The first-order valence-electron chi connectivity index (χ1n) is 7.61. The van der Waals surface area contributed by atoms with Crippen LogP contribution in [0.25, 0.3) is 0 Å². The molecule has 0 saturated heterocycles. The first-order valence-corrected chi connectivity index (χ1v) is 9.47. The van der Waals surface area contributed by atoms with Crippen LogP contribution in [0.15, 0.2) is 47.4 Å². The molecule has 1 amide bonds. The van der Waals surface area contributed by atoms with Gasteiger partial charge in [-0.1, -0.05) is 17.7 Å². The molecule has 2 aromatic rings. The molecule has 0 fully saturated rings. The number of rotatable bonds is 7. The third-order valence-electron chi connectivity index (χ3n) is 3.40. The summed E-state index contributed by atoms with van der Waals surface area (Å²) in [6.07, 6.45) is 0. The van der Waals surface area contributed by atoms with Gasteiger partial charge in [0.25, 0.3) is 5.91 Å². The Hall–Kier alpha value is -2.00. The number of anilines is 1. The largest absolute Gasteiger partial charge is 0.383 e. The normalized spacial score (nSPS) is 12.6. The van der Waals surface area contributed by atoms with Gasteiger partial charge in [0, 0.05) is 18.7 Å². The number of carbonyl (C=O) groups excluding carboxylic acids is 1. The van der Waals surface area contributed by atoms with Gasteiger partial charge in [0.1, 0.15) is 0 Å². The maximum Gasteiger partial charge on any atom is 0.255 e. The van der Waals surface area contributed by atoms with Crippen LogP contribution in [-0.2, 0) is 14.8 Å². The Morgan fingerprint density at radius 1 is 1.23 bits per heavy atom. The molecule has 6 nitrogen and oxygen atoms in total. The molecule has 0 heterocycles. The summed E-state index contributed by atoms with van der Waals surface area (Å²) >= 11 is 5.67. The molecule has 2 N–H and O–H groups in total. The van der Waals surface area contributed by atoms with Crippen molar-refractivity contribution in [3.63, 3.8) is 0 Å². The van der Waals surface area contributed by atoms with Gasteiger partial charge in [-0.25, -0.2) is 17.5 Å². The van der Waals surface area contributed by atoms with Crippen LogP contribution < -0.4 is 10.0 Å². The number of ether oxygens (including phenoxy) is 1. The Kier molecular flexibility index (Phi) is 6.71. The lowest BCUT2D eigenvalue weighted by Gasteiger charge is -2.13. The number of nitrogens with one attached hydrogen (secondary N) is 2. The van der Waals surface area contributed by atoms with Gasteiger partial charge in [0.15, 0.2) is 5.82 Å². The van der Waals surface area contributed by atoms with Crippen molar-refractivity contribution in [2.24, 2.45) is 0 Å². The number of hydrogen-bond donors (Lipinski definition) is 2. The summed E-state index contributed by atoms with van der Waals surface area (Å²) < 4.78 is 45.7. The van der Waals surface area contributed by atoms with Crippen LogP contribution in [0.2, 0.25) is 5.02 Å². The van der Waals surface area contributed by atoms with E-state index in [0.717, 1.165) is 0 Å². The first kappa shape index (κ1) is 20.3. The second-order valence-electron chi connectivity index (χ2n) is 5.56. The van der Waals surface area contributed by atoms with Crippen LogP contribution in [0.5, 0.6) is 0 Å². The van der Waals surface area contributed by atoms with Gasteiger partial charge in [0.05, 0.1) is 22.2 Å². The minimum atomic E-state index is -3.73. The minimum absolute atomic E-state index is 0.00550. The standard InChI is InChI=1S/C17H18ClFN2O4S/c1-11(10-25-2)21-26(23,24)13-8-6-12(7-9-13)17(22)20-15-5-3-4-14(18)16(15)19/h3-9,11,21H,10H2,1-2H3,(H,20,22)/t11-/m0/s1. The SMILES string of the molecule is COC[C@H](C)NS(=O)(=O)c1ccc(C(=O)Nc2cccc(Cl)c2F)cc1. The van der Waals surface area contributed by atoms with E-state index in [0.29, 0.717) is 0 Å². The van der Waals surface area contributed by atoms with E-state index in [1.165, 1.54) is 49.6 Å². The van der Waals surface area contributed by atoms with Gasteiger partial charge < -0.3 is 10.1 Å². The van der Waals surface area contributed by atoms with E-state index in [1.54, 1.807) is 6.92 Å². The number of benzene rings is 2. The average Bonchev–Trinajstić information content (AvgIpc) is 2.59. The van der Waals surface area contributed by atoms with Crippen LogP contribution in [0.3, 0.4) is 0 Å². The second-order valence-corrected chi connectivity index (χ2v) is 7.68. The molecule has 0 aromatic heterocycles. The molecule has 2 aromatic carbocycles. The van der Waals surface area contributed by atoms with E-state index in [4.69, 9.17) is 16.3 Å². The molecule has 1 atom stereocenters. The average molecular weight is 401 g/mol. The van der Waals surface area contributed by atoms with Crippen molar-refractivity contribution in [2.45, 2.75) is 17.9 Å². The van der Waals surface area contributed by atoms with Crippen LogP contribution in [0.4, 0.5) is 10.1 Å². The zero-order chi connectivity index (χ0) is 19.3. The Bertz CT molecular complexity index is 888. The van der Waals surface area contributed by atoms with Crippen molar-refractivity contribution in [3.05, 3.63) is 58.9 Å². The molecular formula is C17H18ClFN2O4S. The van der Waals surface area contributed by atoms with Crippen molar-refractivity contribution < 1.29 is 22.3 Å². The first-order chi connectivity index (χ1) is 12.2. The molecule has 0 aliphatic carbocycles. The fraction of sp³-hybridized carbons (Fsp3) is 0.235.